The molecule has 2 N–H and O–H groups in total. The highest BCUT2D eigenvalue weighted by atomic mass is 16.5. The minimum absolute atomic E-state index is 0.00699. The van der Waals surface area contributed by atoms with Crippen LogP contribution in [0.5, 0.6) is 5.75 Å². The van der Waals surface area contributed by atoms with Crippen molar-refractivity contribution in [3.63, 3.8) is 0 Å². The maximum absolute atomic E-state index is 5.73. The molecule has 21 heavy (non-hydrogen) atoms. The van der Waals surface area contributed by atoms with Crippen LogP contribution in [0.1, 0.15) is 46.1 Å². The van der Waals surface area contributed by atoms with Crippen molar-refractivity contribution in [2.24, 2.45) is 4.99 Å². The first kappa shape index (κ1) is 17.3. The molecule has 0 saturated heterocycles. The minimum atomic E-state index is -0.00699. The van der Waals surface area contributed by atoms with Gasteiger partial charge in [0.2, 0.25) is 0 Å². The quantitative estimate of drug-likeness (QED) is 0.480. The second-order valence-electron chi connectivity index (χ2n) is 6.15. The lowest BCUT2D eigenvalue weighted by Crippen LogP contribution is -2.47. The Morgan fingerprint density at radius 1 is 1.29 bits per heavy atom. The summed E-state index contributed by atoms with van der Waals surface area (Å²) in [6.45, 7) is 10.0. The largest absolute Gasteiger partial charge is 0.494 e. The van der Waals surface area contributed by atoms with Crippen molar-refractivity contribution in [1.29, 1.82) is 0 Å². The van der Waals surface area contributed by atoms with Gasteiger partial charge in [-0.2, -0.15) is 0 Å². The molecule has 0 aliphatic carbocycles. The molecule has 0 aliphatic rings. The maximum Gasteiger partial charge on any atom is 0.191 e. The van der Waals surface area contributed by atoms with E-state index in [9.17, 15) is 0 Å². The summed E-state index contributed by atoms with van der Waals surface area (Å²) in [5.74, 6) is 1.74. The Morgan fingerprint density at radius 3 is 2.67 bits per heavy atom. The maximum atomic E-state index is 5.73. The average molecular weight is 291 g/mol. The first-order valence-electron chi connectivity index (χ1n) is 7.65. The second kappa shape index (κ2) is 8.55. The second-order valence-corrected chi connectivity index (χ2v) is 6.15. The van der Waals surface area contributed by atoms with Crippen LogP contribution in [-0.4, -0.2) is 25.2 Å². The zero-order chi connectivity index (χ0) is 15.7. The standard InChI is InChI=1S/C17H29N3O/c1-6-7-11-21-15-10-8-9-14(12-15)13-19-16(18-5)20-17(2,3)4/h8-10,12H,6-7,11,13H2,1-5H3,(H2,18,19,20). The van der Waals surface area contributed by atoms with Gasteiger partial charge in [-0.1, -0.05) is 25.5 Å². The highest BCUT2D eigenvalue weighted by Crippen LogP contribution is 2.13. The van der Waals surface area contributed by atoms with Gasteiger partial charge in [-0.05, 0) is 44.9 Å². The minimum Gasteiger partial charge on any atom is -0.494 e. The monoisotopic (exact) mass is 291 g/mol. The van der Waals surface area contributed by atoms with Crippen molar-refractivity contribution in [3.05, 3.63) is 29.8 Å². The lowest BCUT2D eigenvalue weighted by molar-refractivity contribution is 0.309. The van der Waals surface area contributed by atoms with Gasteiger partial charge in [0.15, 0.2) is 5.96 Å². The van der Waals surface area contributed by atoms with E-state index in [0.29, 0.717) is 0 Å². The van der Waals surface area contributed by atoms with E-state index in [1.54, 1.807) is 7.05 Å². The molecule has 0 radical (unpaired) electrons. The van der Waals surface area contributed by atoms with Crippen LogP contribution < -0.4 is 15.4 Å². The number of hydrogen-bond donors (Lipinski definition) is 2. The number of hydrogen-bond acceptors (Lipinski definition) is 2. The fourth-order valence-electron chi connectivity index (χ4n) is 1.80. The van der Waals surface area contributed by atoms with Gasteiger partial charge in [0.25, 0.3) is 0 Å². The molecule has 1 aromatic carbocycles. The van der Waals surface area contributed by atoms with Crippen LogP contribution in [0.2, 0.25) is 0 Å². The molecule has 0 saturated carbocycles. The molecule has 0 heterocycles. The van der Waals surface area contributed by atoms with Crippen LogP contribution >= 0.6 is 0 Å². The number of guanidine groups is 1. The van der Waals surface area contributed by atoms with E-state index in [-0.39, 0.29) is 5.54 Å². The van der Waals surface area contributed by atoms with Crippen LogP contribution in [0.25, 0.3) is 0 Å². The molecule has 0 amide bonds. The number of ether oxygens (including phenoxy) is 1. The van der Waals surface area contributed by atoms with Crippen molar-refractivity contribution in [2.75, 3.05) is 13.7 Å². The van der Waals surface area contributed by atoms with E-state index < -0.39 is 0 Å². The number of nitrogens with one attached hydrogen (secondary N) is 2. The summed E-state index contributed by atoms with van der Waals surface area (Å²) in [6, 6.07) is 8.19. The third kappa shape index (κ3) is 7.59. The van der Waals surface area contributed by atoms with Crippen LogP contribution in [0, 0.1) is 0 Å². The molecule has 0 aromatic heterocycles. The molecule has 0 unspecified atom stereocenters. The van der Waals surface area contributed by atoms with E-state index in [0.717, 1.165) is 37.7 Å². The Bertz CT molecular complexity index is 450. The van der Waals surface area contributed by atoms with Gasteiger partial charge in [0, 0.05) is 19.1 Å². The predicted octanol–water partition coefficient (Wildman–Crippen LogP) is 3.33. The summed E-state index contributed by atoms with van der Waals surface area (Å²) >= 11 is 0. The third-order valence-corrected chi connectivity index (χ3v) is 2.84. The van der Waals surface area contributed by atoms with Crippen LogP contribution in [0.4, 0.5) is 0 Å². The van der Waals surface area contributed by atoms with E-state index >= 15 is 0 Å². The predicted molar refractivity (Wildman–Crippen MR) is 89.9 cm³/mol. The summed E-state index contributed by atoms with van der Waals surface area (Å²) in [5, 5.41) is 6.66. The van der Waals surface area contributed by atoms with Crippen LogP contribution in [0.3, 0.4) is 0 Å². The lowest BCUT2D eigenvalue weighted by Gasteiger charge is -2.23. The fourth-order valence-corrected chi connectivity index (χ4v) is 1.80. The average Bonchev–Trinajstić information content (AvgIpc) is 2.43. The Labute approximate surface area is 129 Å². The van der Waals surface area contributed by atoms with Gasteiger partial charge in [0.1, 0.15) is 5.75 Å². The molecular weight excluding hydrogens is 262 g/mol. The van der Waals surface area contributed by atoms with E-state index in [1.807, 2.05) is 12.1 Å². The van der Waals surface area contributed by atoms with Crippen molar-refractivity contribution >= 4 is 5.96 Å². The van der Waals surface area contributed by atoms with Gasteiger partial charge in [-0.15, -0.1) is 0 Å². The Morgan fingerprint density at radius 2 is 2.05 bits per heavy atom. The molecule has 0 aliphatic heterocycles. The molecule has 1 aromatic rings. The summed E-state index contributed by atoms with van der Waals surface area (Å²) < 4.78 is 5.73. The highest BCUT2D eigenvalue weighted by molar-refractivity contribution is 5.80. The van der Waals surface area contributed by atoms with E-state index in [1.165, 1.54) is 5.56 Å². The molecule has 4 nitrogen and oxygen atoms in total. The fraction of sp³-hybridized carbons (Fsp3) is 0.588. The zero-order valence-electron chi connectivity index (χ0n) is 14.0. The zero-order valence-corrected chi connectivity index (χ0v) is 14.0. The summed E-state index contributed by atoms with van der Waals surface area (Å²) in [6.07, 6.45) is 2.24. The summed E-state index contributed by atoms with van der Waals surface area (Å²) in [5.41, 5.74) is 1.17. The number of rotatable bonds is 6. The van der Waals surface area contributed by atoms with Crippen LogP contribution in [-0.2, 0) is 6.54 Å². The Kier molecular flexibility index (Phi) is 7.06. The highest BCUT2D eigenvalue weighted by Gasteiger charge is 2.11. The molecule has 0 atom stereocenters. The number of benzene rings is 1. The Hall–Kier alpha value is -1.71. The van der Waals surface area contributed by atoms with Gasteiger partial charge in [-0.3, -0.25) is 4.99 Å². The first-order valence-corrected chi connectivity index (χ1v) is 7.65. The first-order chi connectivity index (χ1) is 9.94. The van der Waals surface area contributed by atoms with E-state index in [2.05, 4.69) is 55.5 Å². The molecule has 0 spiro atoms. The SMILES string of the molecule is CCCCOc1cccc(CNC(=NC)NC(C)(C)C)c1. The number of unbranched alkanes of at least 4 members (excludes halogenated alkanes) is 1. The van der Waals surface area contributed by atoms with Crippen molar-refractivity contribution in [1.82, 2.24) is 10.6 Å². The van der Waals surface area contributed by atoms with Crippen molar-refractivity contribution in [3.8, 4) is 5.75 Å². The number of aliphatic imine (C=N–C) groups is 1. The van der Waals surface area contributed by atoms with E-state index in [4.69, 9.17) is 4.74 Å². The Balaban J connectivity index is 2.52. The van der Waals surface area contributed by atoms with Crippen LogP contribution in [0.15, 0.2) is 29.3 Å². The number of nitrogens with zero attached hydrogens (tertiary/aromatic N) is 1. The van der Waals surface area contributed by atoms with Crippen molar-refractivity contribution < 1.29 is 4.74 Å². The van der Waals surface area contributed by atoms with Crippen molar-refractivity contribution in [2.45, 2.75) is 52.6 Å². The third-order valence-electron chi connectivity index (χ3n) is 2.84. The molecular formula is C17H29N3O. The smallest absolute Gasteiger partial charge is 0.191 e. The molecule has 118 valence electrons. The molecule has 1 rings (SSSR count). The topological polar surface area (TPSA) is 45.6 Å². The summed E-state index contributed by atoms with van der Waals surface area (Å²) in [7, 11) is 1.78. The van der Waals surface area contributed by atoms with Gasteiger partial charge < -0.3 is 15.4 Å². The molecule has 4 heteroatoms. The normalized spacial score (nSPS) is 12.1. The molecule has 0 fully saturated rings. The van der Waals surface area contributed by atoms with Gasteiger partial charge >= 0.3 is 0 Å². The summed E-state index contributed by atoms with van der Waals surface area (Å²) in [4.78, 5) is 4.23. The van der Waals surface area contributed by atoms with Gasteiger partial charge in [-0.25, -0.2) is 0 Å². The van der Waals surface area contributed by atoms with Gasteiger partial charge in [0.05, 0.1) is 6.61 Å². The molecule has 0 bridgehead atoms. The lowest BCUT2D eigenvalue weighted by atomic mass is 10.1.